The Labute approximate surface area is 135 Å². The van der Waals surface area contributed by atoms with Crippen LogP contribution in [0.5, 0.6) is 0 Å². The predicted octanol–water partition coefficient (Wildman–Crippen LogP) is 2.35. The van der Waals surface area contributed by atoms with E-state index in [0.29, 0.717) is 17.8 Å². The van der Waals surface area contributed by atoms with Crippen molar-refractivity contribution in [2.24, 2.45) is 0 Å². The average Bonchev–Trinajstić information content (AvgIpc) is 3.05. The van der Waals surface area contributed by atoms with Crippen molar-refractivity contribution in [1.29, 1.82) is 0 Å². The summed E-state index contributed by atoms with van der Waals surface area (Å²) in [6, 6.07) is 11.7. The molecular formula is C18H21N3O2. The van der Waals surface area contributed by atoms with Crippen LogP contribution in [0.1, 0.15) is 39.4 Å². The van der Waals surface area contributed by atoms with Gasteiger partial charge in [-0.05, 0) is 25.6 Å². The maximum absolute atomic E-state index is 12.9. The summed E-state index contributed by atoms with van der Waals surface area (Å²) in [6.45, 7) is 3.81. The van der Waals surface area contributed by atoms with E-state index < -0.39 is 0 Å². The first-order valence-corrected chi connectivity index (χ1v) is 7.80. The molecule has 0 spiro atoms. The predicted molar refractivity (Wildman–Crippen MR) is 88.5 cm³/mol. The fraction of sp³-hybridized carbons (Fsp3) is 0.333. The van der Waals surface area contributed by atoms with Gasteiger partial charge < -0.3 is 14.8 Å². The first kappa shape index (κ1) is 15.5. The van der Waals surface area contributed by atoms with Crippen molar-refractivity contribution in [3.63, 3.8) is 0 Å². The number of nitrogens with one attached hydrogen (secondary N) is 1. The molecule has 1 aromatic carbocycles. The molecule has 0 radical (unpaired) electrons. The molecule has 2 heterocycles. The Kier molecular flexibility index (Phi) is 4.30. The Morgan fingerprint density at radius 2 is 1.91 bits per heavy atom. The fourth-order valence-corrected chi connectivity index (χ4v) is 3.00. The molecule has 1 amide bonds. The molecule has 3 rings (SSSR count). The third-order valence-corrected chi connectivity index (χ3v) is 4.35. The number of carbonyl (C=O) groups excluding carboxylic acids is 2. The number of aromatic amines is 1. The van der Waals surface area contributed by atoms with Crippen molar-refractivity contribution >= 4 is 11.7 Å². The quantitative estimate of drug-likeness (QED) is 0.885. The minimum absolute atomic E-state index is 0.0199. The molecule has 5 heteroatoms. The highest BCUT2D eigenvalue weighted by Crippen LogP contribution is 2.26. The van der Waals surface area contributed by atoms with Gasteiger partial charge >= 0.3 is 0 Å². The lowest BCUT2D eigenvalue weighted by Crippen LogP contribution is -2.49. The maximum atomic E-state index is 12.9. The molecule has 1 aliphatic rings. The lowest BCUT2D eigenvalue weighted by atomic mass is 10.0. The molecule has 23 heavy (non-hydrogen) atoms. The third kappa shape index (κ3) is 3.19. The van der Waals surface area contributed by atoms with E-state index in [0.717, 1.165) is 18.7 Å². The first-order chi connectivity index (χ1) is 11.1. The molecule has 1 atom stereocenters. The highest BCUT2D eigenvalue weighted by Gasteiger charge is 2.31. The second kappa shape index (κ2) is 6.38. The van der Waals surface area contributed by atoms with Crippen LogP contribution in [0.15, 0.2) is 42.6 Å². The van der Waals surface area contributed by atoms with Gasteiger partial charge in [-0.3, -0.25) is 9.59 Å². The van der Waals surface area contributed by atoms with Crippen LogP contribution in [-0.2, 0) is 0 Å². The van der Waals surface area contributed by atoms with Crippen LogP contribution in [0, 0.1) is 0 Å². The van der Waals surface area contributed by atoms with E-state index in [2.05, 4.69) is 29.1 Å². The number of Topliss-reactive ketones (excluding diaryl/α,β-unsaturated/α-hetero) is 1. The second-order valence-electron chi connectivity index (χ2n) is 6.05. The van der Waals surface area contributed by atoms with Gasteiger partial charge in [-0.2, -0.15) is 0 Å². The Bertz CT molecular complexity index is 708. The molecular weight excluding hydrogens is 290 g/mol. The fourth-order valence-electron chi connectivity index (χ4n) is 3.00. The number of hydrogen-bond donors (Lipinski definition) is 1. The molecule has 0 aliphatic carbocycles. The van der Waals surface area contributed by atoms with E-state index in [-0.39, 0.29) is 17.7 Å². The summed E-state index contributed by atoms with van der Waals surface area (Å²) >= 11 is 0. The summed E-state index contributed by atoms with van der Waals surface area (Å²) in [6.07, 6.45) is 1.60. The number of likely N-dealkylation sites (N-methyl/N-ethyl adjacent to an activating group) is 1. The smallest absolute Gasteiger partial charge is 0.270 e. The van der Waals surface area contributed by atoms with Crippen LogP contribution in [-0.4, -0.2) is 53.2 Å². The van der Waals surface area contributed by atoms with Crippen molar-refractivity contribution in [2.45, 2.75) is 13.0 Å². The summed E-state index contributed by atoms with van der Waals surface area (Å²) in [7, 11) is 2.07. The molecule has 1 saturated heterocycles. The minimum Gasteiger partial charge on any atom is -0.356 e. The van der Waals surface area contributed by atoms with Gasteiger partial charge in [0, 0.05) is 31.4 Å². The molecule has 0 bridgehead atoms. The van der Waals surface area contributed by atoms with Gasteiger partial charge in [0.15, 0.2) is 5.78 Å². The zero-order chi connectivity index (χ0) is 16.4. The number of amides is 1. The van der Waals surface area contributed by atoms with Gasteiger partial charge in [0.2, 0.25) is 0 Å². The Balaban J connectivity index is 1.88. The van der Waals surface area contributed by atoms with Crippen molar-refractivity contribution in [1.82, 2.24) is 14.8 Å². The van der Waals surface area contributed by atoms with Crippen LogP contribution in [0.3, 0.4) is 0 Å². The van der Waals surface area contributed by atoms with Crippen LogP contribution >= 0.6 is 0 Å². The van der Waals surface area contributed by atoms with Gasteiger partial charge in [-0.1, -0.05) is 30.3 Å². The lowest BCUT2D eigenvalue weighted by Gasteiger charge is -2.40. The normalized spacial score (nSPS) is 18.9. The van der Waals surface area contributed by atoms with Gasteiger partial charge in [0.25, 0.3) is 5.91 Å². The number of ketones is 1. The molecule has 120 valence electrons. The van der Waals surface area contributed by atoms with Crippen molar-refractivity contribution in [3.8, 4) is 0 Å². The minimum atomic E-state index is -0.0561. The molecule has 2 aromatic rings. The third-order valence-electron chi connectivity index (χ3n) is 4.35. The molecule has 1 aliphatic heterocycles. The van der Waals surface area contributed by atoms with Crippen molar-refractivity contribution in [2.75, 3.05) is 26.7 Å². The van der Waals surface area contributed by atoms with Gasteiger partial charge in [-0.25, -0.2) is 0 Å². The topological polar surface area (TPSA) is 56.4 Å². The molecule has 1 fully saturated rings. The highest BCUT2D eigenvalue weighted by molar-refractivity contribution is 5.99. The summed E-state index contributed by atoms with van der Waals surface area (Å²) in [5, 5.41) is 0. The number of rotatable bonds is 3. The summed E-state index contributed by atoms with van der Waals surface area (Å²) in [4.78, 5) is 31.4. The van der Waals surface area contributed by atoms with Crippen LogP contribution in [0.4, 0.5) is 0 Å². The van der Waals surface area contributed by atoms with Crippen molar-refractivity contribution in [3.05, 3.63) is 59.4 Å². The van der Waals surface area contributed by atoms with E-state index in [1.54, 1.807) is 12.3 Å². The van der Waals surface area contributed by atoms with E-state index in [9.17, 15) is 9.59 Å². The molecule has 1 aromatic heterocycles. The van der Waals surface area contributed by atoms with Gasteiger partial charge in [0.1, 0.15) is 5.69 Å². The number of nitrogens with zero attached hydrogens (tertiary/aromatic N) is 2. The number of benzene rings is 1. The van der Waals surface area contributed by atoms with E-state index in [4.69, 9.17) is 0 Å². The summed E-state index contributed by atoms with van der Waals surface area (Å²) in [5.41, 5.74) is 2.14. The lowest BCUT2D eigenvalue weighted by molar-refractivity contribution is 0.0493. The average molecular weight is 311 g/mol. The largest absolute Gasteiger partial charge is 0.356 e. The summed E-state index contributed by atoms with van der Waals surface area (Å²) < 4.78 is 0. The van der Waals surface area contributed by atoms with E-state index in [1.807, 2.05) is 23.1 Å². The molecule has 5 nitrogen and oxygen atoms in total. The number of H-pyrrole nitrogens is 1. The highest BCUT2D eigenvalue weighted by atomic mass is 16.2. The zero-order valence-electron chi connectivity index (χ0n) is 13.5. The van der Waals surface area contributed by atoms with Gasteiger partial charge in [-0.15, -0.1) is 0 Å². The SMILES string of the molecule is CC(=O)c1c[nH]c(C(=O)N2CCN(C)C[C@@H]2c2ccccc2)c1. The molecule has 0 unspecified atom stereocenters. The summed E-state index contributed by atoms with van der Waals surface area (Å²) in [5.74, 6) is -0.0993. The zero-order valence-corrected chi connectivity index (χ0v) is 13.5. The van der Waals surface area contributed by atoms with Gasteiger partial charge in [0.05, 0.1) is 6.04 Å². The standard InChI is InChI=1S/C18H21N3O2/c1-13(22)15-10-16(19-11-15)18(23)21-9-8-20(2)12-17(21)14-6-4-3-5-7-14/h3-7,10-11,17,19H,8-9,12H2,1-2H3/t17-/m1/s1. The Hall–Kier alpha value is -2.40. The molecule has 0 saturated carbocycles. The van der Waals surface area contributed by atoms with Crippen molar-refractivity contribution < 1.29 is 9.59 Å². The van der Waals surface area contributed by atoms with Crippen LogP contribution in [0.2, 0.25) is 0 Å². The molecule has 1 N–H and O–H groups in total. The second-order valence-corrected chi connectivity index (χ2v) is 6.05. The Morgan fingerprint density at radius 1 is 1.17 bits per heavy atom. The van der Waals surface area contributed by atoms with E-state index >= 15 is 0 Å². The van der Waals surface area contributed by atoms with Crippen LogP contribution < -0.4 is 0 Å². The number of aromatic nitrogens is 1. The van der Waals surface area contributed by atoms with E-state index in [1.165, 1.54) is 6.92 Å². The maximum Gasteiger partial charge on any atom is 0.270 e. The number of carbonyl (C=O) groups is 2. The monoisotopic (exact) mass is 311 g/mol. The number of hydrogen-bond acceptors (Lipinski definition) is 3. The first-order valence-electron chi connectivity index (χ1n) is 7.80. The Morgan fingerprint density at radius 3 is 2.57 bits per heavy atom. The number of piperazine rings is 1. The van der Waals surface area contributed by atoms with Crippen LogP contribution in [0.25, 0.3) is 0 Å².